The fraction of sp³-hybridized carbons (Fsp3) is 0.179. The molecule has 0 saturated heterocycles. The van der Waals surface area contributed by atoms with Gasteiger partial charge < -0.3 is 9.30 Å². The van der Waals surface area contributed by atoms with Crippen LogP contribution in [0, 0.1) is 17.1 Å². The highest BCUT2D eigenvalue weighted by molar-refractivity contribution is 6.06. The van der Waals surface area contributed by atoms with Crippen molar-refractivity contribution in [3.05, 3.63) is 83.9 Å². The van der Waals surface area contributed by atoms with Crippen molar-refractivity contribution in [2.75, 3.05) is 7.11 Å². The van der Waals surface area contributed by atoms with Crippen LogP contribution in [0.15, 0.2) is 66.9 Å². The summed E-state index contributed by atoms with van der Waals surface area (Å²) in [6, 6.07) is 20.0. The predicted octanol–water partition coefficient (Wildman–Crippen LogP) is 6.29. The predicted molar refractivity (Wildman–Crippen MR) is 133 cm³/mol. The number of H-pyrrole nitrogens is 1. The molecule has 6 nitrogen and oxygen atoms in total. The van der Waals surface area contributed by atoms with Gasteiger partial charge in [0, 0.05) is 39.6 Å². The van der Waals surface area contributed by atoms with Crippen LogP contribution in [0.5, 0.6) is 0 Å². The first-order valence-corrected chi connectivity index (χ1v) is 11.2. The third kappa shape index (κ3) is 3.73. The van der Waals surface area contributed by atoms with E-state index >= 15 is 0 Å². The summed E-state index contributed by atoms with van der Waals surface area (Å²) in [5.41, 5.74) is 5.24. The van der Waals surface area contributed by atoms with Gasteiger partial charge in [0.15, 0.2) is 0 Å². The molecule has 7 heteroatoms. The van der Waals surface area contributed by atoms with E-state index in [9.17, 15) is 14.4 Å². The lowest BCUT2D eigenvalue weighted by Crippen LogP contribution is -2.21. The number of benzene rings is 3. The number of halogens is 1. The van der Waals surface area contributed by atoms with Crippen LogP contribution in [-0.2, 0) is 10.2 Å². The first kappa shape index (κ1) is 22.4. The fourth-order valence-corrected chi connectivity index (χ4v) is 4.69. The number of rotatable bonds is 5. The Kier molecular flexibility index (Phi) is 5.37. The minimum atomic E-state index is -0.551. The van der Waals surface area contributed by atoms with Gasteiger partial charge in [-0.1, -0.05) is 26.0 Å². The zero-order valence-electron chi connectivity index (χ0n) is 19.6. The van der Waals surface area contributed by atoms with Gasteiger partial charge in [-0.3, -0.25) is 5.10 Å². The van der Waals surface area contributed by atoms with E-state index in [0.29, 0.717) is 5.56 Å². The second-order valence-electron chi connectivity index (χ2n) is 9.15. The van der Waals surface area contributed by atoms with E-state index in [4.69, 9.17) is 4.74 Å². The summed E-state index contributed by atoms with van der Waals surface area (Å²) in [5.74, 6) is -0.728. The van der Waals surface area contributed by atoms with Crippen LogP contribution in [0.3, 0.4) is 0 Å². The number of ether oxygens (including phenoxy) is 1. The van der Waals surface area contributed by atoms with Crippen LogP contribution in [0.25, 0.3) is 38.6 Å². The second kappa shape index (κ2) is 8.41. The quantitative estimate of drug-likeness (QED) is 0.309. The van der Waals surface area contributed by atoms with Gasteiger partial charge in [-0.25, -0.2) is 9.18 Å². The van der Waals surface area contributed by atoms with E-state index in [1.807, 2.05) is 32.0 Å². The third-order valence-electron chi connectivity index (χ3n) is 6.37. The standard InChI is InChI=1S/C28H23FN4O2/c1-28(2,12-13-30)26-25(17-4-6-18(7-5-17)27(34)35-3)22-15-23-19(16-31-32-23)14-24(22)33(26)21-10-8-20(29)9-11-21/h4-11,14-16H,12H2,1-3H3,(H,31,32). The lowest BCUT2D eigenvalue weighted by molar-refractivity contribution is 0.0600. The summed E-state index contributed by atoms with van der Waals surface area (Å²) in [6.07, 6.45) is 2.04. The number of aromatic nitrogens is 3. The molecule has 0 spiro atoms. The van der Waals surface area contributed by atoms with E-state index in [0.717, 1.165) is 44.3 Å². The van der Waals surface area contributed by atoms with Gasteiger partial charge in [-0.15, -0.1) is 0 Å². The van der Waals surface area contributed by atoms with Crippen LogP contribution >= 0.6 is 0 Å². The number of carbonyl (C=O) groups excluding carboxylic acids is 1. The highest BCUT2D eigenvalue weighted by Gasteiger charge is 2.32. The van der Waals surface area contributed by atoms with Crippen LogP contribution in [0.1, 0.15) is 36.3 Å². The van der Waals surface area contributed by atoms with Crippen molar-refractivity contribution in [2.45, 2.75) is 25.7 Å². The molecule has 5 rings (SSSR count). The fourth-order valence-electron chi connectivity index (χ4n) is 4.69. The second-order valence-corrected chi connectivity index (χ2v) is 9.15. The Morgan fingerprint density at radius 1 is 1.14 bits per heavy atom. The molecule has 3 aromatic carbocycles. The number of esters is 1. The molecule has 5 aromatic rings. The molecule has 0 atom stereocenters. The van der Waals surface area contributed by atoms with Crippen LogP contribution in [0.2, 0.25) is 0 Å². The normalized spacial score (nSPS) is 11.6. The average Bonchev–Trinajstić information content (AvgIpc) is 3.45. The van der Waals surface area contributed by atoms with Gasteiger partial charge in [-0.05, 0) is 54.1 Å². The highest BCUT2D eigenvalue weighted by atomic mass is 19.1. The number of nitrogens with zero attached hydrogens (tertiary/aromatic N) is 3. The van der Waals surface area contributed by atoms with Crippen molar-refractivity contribution in [1.29, 1.82) is 5.26 Å². The maximum Gasteiger partial charge on any atom is 0.337 e. The molecule has 0 unspecified atom stereocenters. The number of carbonyl (C=O) groups is 1. The van der Waals surface area contributed by atoms with Crippen molar-refractivity contribution in [3.8, 4) is 22.9 Å². The number of hydrogen-bond acceptors (Lipinski definition) is 4. The Morgan fingerprint density at radius 3 is 2.51 bits per heavy atom. The van der Waals surface area contributed by atoms with Crippen LogP contribution in [0.4, 0.5) is 4.39 Å². The Balaban J connectivity index is 1.91. The van der Waals surface area contributed by atoms with Gasteiger partial charge in [0.1, 0.15) is 5.82 Å². The lowest BCUT2D eigenvalue weighted by Gasteiger charge is -2.26. The summed E-state index contributed by atoms with van der Waals surface area (Å²) >= 11 is 0. The molecular weight excluding hydrogens is 443 g/mol. The van der Waals surface area contributed by atoms with Crippen LogP contribution < -0.4 is 0 Å². The number of nitrogens with one attached hydrogen (secondary N) is 1. The Morgan fingerprint density at radius 2 is 1.86 bits per heavy atom. The minimum absolute atomic E-state index is 0.275. The summed E-state index contributed by atoms with van der Waals surface area (Å²) in [6.45, 7) is 4.06. The average molecular weight is 467 g/mol. The number of methoxy groups -OCH3 is 1. The Labute approximate surface area is 201 Å². The van der Waals surface area contributed by atoms with E-state index < -0.39 is 11.4 Å². The van der Waals surface area contributed by atoms with Gasteiger partial charge >= 0.3 is 5.97 Å². The molecule has 0 fully saturated rings. The Hall–Kier alpha value is -4.44. The van der Waals surface area contributed by atoms with Crippen molar-refractivity contribution >= 4 is 27.8 Å². The van der Waals surface area contributed by atoms with E-state index in [-0.39, 0.29) is 12.2 Å². The van der Waals surface area contributed by atoms with E-state index in [1.165, 1.54) is 19.2 Å². The molecule has 0 radical (unpaired) electrons. The SMILES string of the molecule is COC(=O)c1ccc(-c2c(C(C)(C)CC#N)n(-c3ccc(F)cc3)c3cc4cn[nH]c4cc23)cc1. The first-order chi connectivity index (χ1) is 16.8. The smallest absolute Gasteiger partial charge is 0.337 e. The molecule has 35 heavy (non-hydrogen) atoms. The van der Waals surface area contributed by atoms with Crippen molar-refractivity contribution in [1.82, 2.24) is 14.8 Å². The summed E-state index contributed by atoms with van der Waals surface area (Å²) in [5, 5.41) is 18.8. The molecule has 2 heterocycles. The largest absolute Gasteiger partial charge is 0.465 e. The summed E-state index contributed by atoms with van der Waals surface area (Å²) in [4.78, 5) is 12.0. The molecule has 174 valence electrons. The van der Waals surface area contributed by atoms with Crippen molar-refractivity contribution in [3.63, 3.8) is 0 Å². The van der Waals surface area contributed by atoms with E-state index in [2.05, 4.69) is 26.9 Å². The van der Waals surface area contributed by atoms with Crippen molar-refractivity contribution in [2.24, 2.45) is 0 Å². The lowest BCUT2D eigenvalue weighted by atomic mass is 9.81. The maximum atomic E-state index is 13.8. The molecule has 0 aliphatic carbocycles. The summed E-state index contributed by atoms with van der Waals surface area (Å²) in [7, 11) is 1.35. The van der Waals surface area contributed by atoms with Gasteiger partial charge in [0.05, 0.1) is 36.0 Å². The monoisotopic (exact) mass is 466 g/mol. The molecule has 0 aliphatic rings. The Bertz CT molecular complexity index is 1600. The van der Waals surface area contributed by atoms with Gasteiger partial charge in [0.25, 0.3) is 0 Å². The summed E-state index contributed by atoms with van der Waals surface area (Å²) < 4.78 is 20.8. The molecule has 1 N–H and O–H groups in total. The molecular formula is C28H23FN4O2. The molecule has 2 aromatic heterocycles. The molecule has 0 saturated carbocycles. The minimum Gasteiger partial charge on any atom is -0.465 e. The number of hydrogen-bond donors (Lipinski definition) is 1. The van der Waals surface area contributed by atoms with Crippen molar-refractivity contribution < 1.29 is 13.9 Å². The topological polar surface area (TPSA) is 83.7 Å². The molecule has 0 amide bonds. The number of fused-ring (bicyclic) bond motifs is 2. The molecule has 0 aliphatic heterocycles. The van der Waals surface area contributed by atoms with Gasteiger partial charge in [-0.2, -0.15) is 10.4 Å². The zero-order valence-corrected chi connectivity index (χ0v) is 19.6. The third-order valence-corrected chi connectivity index (χ3v) is 6.37. The highest BCUT2D eigenvalue weighted by Crippen LogP contribution is 2.45. The van der Waals surface area contributed by atoms with Crippen LogP contribution in [-0.4, -0.2) is 27.8 Å². The molecule has 0 bridgehead atoms. The maximum absolute atomic E-state index is 13.8. The van der Waals surface area contributed by atoms with Gasteiger partial charge in [0.2, 0.25) is 0 Å². The number of nitriles is 1. The van der Waals surface area contributed by atoms with E-state index in [1.54, 1.807) is 30.5 Å². The number of aromatic amines is 1. The zero-order chi connectivity index (χ0) is 24.7. The first-order valence-electron chi connectivity index (χ1n) is 11.2.